The molecule has 0 aliphatic carbocycles. The number of carboxylic acids is 1. The number of aromatic nitrogens is 1. The zero-order chi connectivity index (χ0) is 13.4. The van der Waals surface area contributed by atoms with Crippen LogP contribution in [0.2, 0.25) is 0 Å². The zero-order valence-electron chi connectivity index (χ0n) is 10.2. The van der Waals surface area contributed by atoms with Crippen molar-refractivity contribution in [3.05, 3.63) is 18.0 Å². The van der Waals surface area contributed by atoms with Gasteiger partial charge in [0.1, 0.15) is 0 Å². The van der Waals surface area contributed by atoms with Crippen molar-refractivity contribution in [2.45, 2.75) is 26.3 Å². The molecule has 0 aromatic carbocycles. The van der Waals surface area contributed by atoms with Crippen molar-refractivity contribution in [3.8, 4) is 0 Å². The van der Waals surface area contributed by atoms with Crippen molar-refractivity contribution in [3.63, 3.8) is 0 Å². The van der Waals surface area contributed by atoms with Crippen molar-refractivity contribution < 1.29 is 19.2 Å². The Morgan fingerprint density at radius 3 is 2.83 bits per heavy atom. The SMILES string of the molecule is CCCC(CNC(=O)NCc1ccno1)C(=O)O. The molecule has 7 nitrogen and oxygen atoms in total. The molecule has 0 bridgehead atoms. The van der Waals surface area contributed by atoms with E-state index in [9.17, 15) is 9.59 Å². The Bertz CT molecular complexity index is 378. The number of nitrogens with zero attached hydrogens (tertiary/aromatic N) is 1. The molecule has 1 aromatic rings. The maximum atomic E-state index is 11.4. The van der Waals surface area contributed by atoms with Gasteiger partial charge in [0.15, 0.2) is 5.76 Å². The fraction of sp³-hybridized carbons (Fsp3) is 0.545. The van der Waals surface area contributed by atoms with E-state index < -0.39 is 17.9 Å². The fourth-order valence-electron chi connectivity index (χ4n) is 1.44. The van der Waals surface area contributed by atoms with Gasteiger partial charge in [-0.05, 0) is 6.42 Å². The zero-order valence-corrected chi connectivity index (χ0v) is 10.2. The Balaban J connectivity index is 2.25. The van der Waals surface area contributed by atoms with Gasteiger partial charge >= 0.3 is 12.0 Å². The number of urea groups is 1. The Morgan fingerprint density at radius 2 is 2.28 bits per heavy atom. The van der Waals surface area contributed by atoms with Gasteiger partial charge in [0, 0.05) is 12.6 Å². The van der Waals surface area contributed by atoms with Crippen LogP contribution in [0.1, 0.15) is 25.5 Å². The van der Waals surface area contributed by atoms with Crippen LogP contribution in [0.15, 0.2) is 16.8 Å². The van der Waals surface area contributed by atoms with Crippen molar-refractivity contribution in [2.24, 2.45) is 5.92 Å². The smallest absolute Gasteiger partial charge is 0.315 e. The van der Waals surface area contributed by atoms with E-state index >= 15 is 0 Å². The number of nitrogens with one attached hydrogen (secondary N) is 2. The Kier molecular flexibility index (Phi) is 5.69. The molecule has 1 aromatic heterocycles. The first-order valence-electron chi connectivity index (χ1n) is 5.77. The van der Waals surface area contributed by atoms with E-state index in [1.807, 2.05) is 6.92 Å². The van der Waals surface area contributed by atoms with Crippen LogP contribution in [0, 0.1) is 5.92 Å². The molecule has 7 heteroatoms. The van der Waals surface area contributed by atoms with Crippen LogP contribution in [0.4, 0.5) is 4.79 Å². The molecule has 3 N–H and O–H groups in total. The number of aliphatic carboxylic acids is 1. The van der Waals surface area contributed by atoms with Crippen LogP contribution in [-0.4, -0.2) is 28.8 Å². The molecule has 0 saturated carbocycles. The summed E-state index contributed by atoms with van der Waals surface area (Å²) in [4.78, 5) is 22.2. The number of hydrogen-bond acceptors (Lipinski definition) is 4. The molecule has 0 aliphatic heterocycles. The van der Waals surface area contributed by atoms with Gasteiger partial charge < -0.3 is 20.3 Å². The van der Waals surface area contributed by atoms with Gasteiger partial charge in [0.2, 0.25) is 0 Å². The van der Waals surface area contributed by atoms with Crippen molar-refractivity contribution in [1.82, 2.24) is 15.8 Å². The highest BCUT2D eigenvalue weighted by atomic mass is 16.5. The van der Waals surface area contributed by atoms with Crippen LogP contribution >= 0.6 is 0 Å². The van der Waals surface area contributed by atoms with Gasteiger partial charge in [-0.25, -0.2) is 4.79 Å². The van der Waals surface area contributed by atoms with E-state index in [1.54, 1.807) is 6.07 Å². The van der Waals surface area contributed by atoms with Gasteiger partial charge in [0.25, 0.3) is 0 Å². The summed E-state index contributed by atoms with van der Waals surface area (Å²) in [5.74, 6) is -0.910. The molecule has 0 spiro atoms. The number of hydrogen-bond donors (Lipinski definition) is 3. The molecule has 18 heavy (non-hydrogen) atoms. The summed E-state index contributed by atoms with van der Waals surface area (Å²) in [5.41, 5.74) is 0. The average molecular weight is 255 g/mol. The van der Waals surface area contributed by atoms with Gasteiger partial charge in [-0.1, -0.05) is 18.5 Å². The summed E-state index contributed by atoms with van der Waals surface area (Å²) in [6.45, 7) is 2.24. The summed E-state index contributed by atoms with van der Waals surface area (Å²) in [6.07, 6.45) is 2.78. The molecular formula is C11H17N3O4. The van der Waals surface area contributed by atoms with E-state index in [2.05, 4.69) is 15.8 Å². The third-order valence-electron chi connectivity index (χ3n) is 2.41. The predicted octanol–water partition coefficient (Wildman–Crippen LogP) is 0.975. The van der Waals surface area contributed by atoms with E-state index in [0.29, 0.717) is 12.2 Å². The summed E-state index contributed by atoms with van der Waals surface area (Å²) < 4.78 is 4.80. The summed E-state index contributed by atoms with van der Waals surface area (Å²) >= 11 is 0. The molecule has 1 atom stereocenters. The average Bonchev–Trinajstić information content (AvgIpc) is 2.84. The lowest BCUT2D eigenvalue weighted by molar-refractivity contribution is -0.141. The van der Waals surface area contributed by atoms with E-state index in [0.717, 1.165) is 6.42 Å². The second-order valence-corrected chi connectivity index (χ2v) is 3.87. The first-order valence-corrected chi connectivity index (χ1v) is 5.77. The topological polar surface area (TPSA) is 104 Å². The summed E-state index contributed by atoms with van der Waals surface area (Å²) in [6, 6.07) is 1.21. The van der Waals surface area contributed by atoms with Crippen molar-refractivity contribution >= 4 is 12.0 Å². The number of amides is 2. The van der Waals surface area contributed by atoms with Gasteiger partial charge in [-0.15, -0.1) is 0 Å². The molecule has 0 saturated heterocycles. The second-order valence-electron chi connectivity index (χ2n) is 3.87. The summed E-state index contributed by atoms with van der Waals surface area (Å²) in [5, 5.41) is 17.5. The molecule has 0 radical (unpaired) electrons. The molecule has 0 aliphatic rings. The lowest BCUT2D eigenvalue weighted by Crippen LogP contribution is -2.39. The largest absolute Gasteiger partial charge is 0.481 e. The highest BCUT2D eigenvalue weighted by Gasteiger charge is 2.16. The molecule has 1 rings (SSSR count). The van der Waals surface area contributed by atoms with Gasteiger partial charge in [-0.2, -0.15) is 0 Å². The molecule has 2 amide bonds. The normalized spacial score (nSPS) is 11.8. The maximum Gasteiger partial charge on any atom is 0.315 e. The monoisotopic (exact) mass is 255 g/mol. The lowest BCUT2D eigenvalue weighted by atomic mass is 10.0. The third kappa shape index (κ3) is 4.86. The van der Waals surface area contributed by atoms with Crippen LogP contribution in [0.3, 0.4) is 0 Å². The van der Waals surface area contributed by atoms with Crippen molar-refractivity contribution in [1.29, 1.82) is 0 Å². The molecule has 0 fully saturated rings. The number of carbonyl (C=O) groups is 2. The first-order chi connectivity index (χ1) is 8.63. The molecule has 1 heterocycles. The van der Waals surface area contributed by atoms with E-state index in [1.165, 1.54) is 6.20 Å². The van der Waals surface area contributed by atoms with Crippen molar-refractivity contribution in [2.75, 3.05) is 6.54 Å². The van der Waals surface area contributed by atoms with Crippen LogP contribution in [-0.2, 0) is 11.3 Å². The number of carboxylic acid groups (broad SMARTS) is 1. The molecular weight excluding hydrogens is 238 g/mol. The van der Waals surface area contributed by atoms with E-state index in [4.69, 9.17) is 9.63 Å². The van der Waals surface area contributed by atoms with Crippen LogP contribution in [0.25, 0.3) is 0 Å². The van der Waals surface area contributed by atoms with Gasteiger partial charge in [0.05, 0.1) is 18.7 Å². The van der Waals surface area contributed by atoms with E-state index in [-0.39, 0.29) is 13.1 Å². The fourth-order valence-corrected chi connectivity index (χ4v) is 1.44. The minimum absolute atomic E-state index is 0.116. The maximum absolute atomic E-state index is 11.4. The minimum Gasteiger partial charge on any atom is -0.481 e. The number of rotatable bonds is 7. The lowest BCUT2D eigenvalue weighted by Gasteiger charge is -2.12. The highest BCUT2D eigenvalue weighted by molar-refractivity contribution is 5.75. The number of carbonyl (C=O) groups excluding carboxylic acids is 1. The Morgan fingerprint density at radius 1 is 1.50 bits per heavy atom. The first kappa shape index (κ1) is 14.0. The minimum atomic E-state index is -0.896. The van der Waals surface area contributed by atoms with Crippen LogP contribution in [0.5, 0.6) is 0 Å². The molecule has 1 unspecified atom stereocenters. The Labute approximate surface area is 105 Å². The third-order valence-corrected chi connectivity index (χ3v) is 2.41. The summed E-state index contributed by atoms with van der Waals surface area (Å²) in [7, 11) is 0. The predicted molar refractivity (Wildman–Crippen MR) is 62.8 cm³/mol. The Hall–Kier alpha value is -2.05. The molecule has 100 valence electrons. The van der Waals surface area contributed by atoms with Gasteiger partial charge in [-0.3, -0.25) is 4.79 Å². The quantitative estimate of drug-likeness (QED) is 0.673. The standard InChI is InChI=1S/C11H17N3O4/c1-2-3-8(10(15)16)6-12-11(17)13-7-9-4-5-14-18-9/h4-5,8H,2-3,6-7H2,1H3,(H,15,16)(H2,12,13,17). The second kappa shape index (κ2) is 7.31. The highest BCUT2D eigenvalue weighted by Crippen LogP contribution is 2.04. The van der Waals surface area contributed by atoms with Crippen LogP contribution < -0.4 is 10.6 Å².